The summed E-state index contributed by atoms with van der Waals surface area (Å²) in [6, 6.07) is 0. The smallest absolute Gasteiger partial charge is 0.306 e. The number of hydrogen-bond donors (Lipinski definition) is 0. The van der Waals surface area contributed by atoms with Crippen LogP contribution in [0.2, 0.25) is 0 Å². The Labute approximate surface area is 342 Å². The summed E-state index contributed by atoms with van der Waals surface area (Å²) in [5.41, 5.74) is 0. The molecule has 55 heavy (non-hydrogen) atoms. The lowest BCUT2D eigenvalue weighted by molar-refractivity contribution is -0.167. The molecular weight excluding hydrogens is 685 g/mol. The van der Waals surface area contributed by atoms with Gasteiger partial charge in [-0.3, -0.25) is 14.4 Å². The second kappa shape index (κ2) is 42.0. The van der Waals surface area contributed by atoms with Gasteiger partial charge in [-0.2, -0.15) is 0 Å². The molecule has 0 aliphatic heterocycles. The van der Waals surface area contributed by atoms with E-state index in [0.29, 0.717) is 19.3 Å². The van der Waals surface area contributed by atoms with Gasteiger partial charge in [0.2, 0.25) is 0 Å². The Hall–Kier alpha value is -1.59. The minimum absolute atomic E-state index is 0.0648. The van der Waals surface area contributed by atoms with Gasteiger partial charge in [0.15, 0.2) is 6.10 Å². The Morgan fingerprint density at radius 2 is 0.691 bits per heavy atom. The summed E-state index contributed by atoms with van der Waals surface area (Å²) in [5.74, 6) is 0.802. The summed E-state index contributed by atoms with van der Waals surface area (Å²) >= 11 is 0. The number of esters is 3. The average Bonchev–Trinajstić information content (AvgIpc) is 3.17. The Bertz CT molecular complexity index is 841. The fraction of sp³-hybridized carbons (Fsp3) is 0.939. The molecule has 0 saturated carbocycles. The predicted molar refractivity (Wildman–Crippen MR) is 233 cm³/mol. The van der Waals surface area contributed by atoms with Crippen molar-refractivity contribution in [3.8, 4) is 0 Å². The molecular formula is C49H94O6. The summed E-state index contributed by atoms with van der Waals surface area (Å²) in [4.78, 5) is 37.7. The molecule has 0 aromatic rings. The topological polar surface area (TPSA) is 78.9 Å². The average molecular weight is 779 g/mol. The molecule has 0 spiro atoms. The maximum atomic E-state index is 12.7. The summed E-state index contributed by atoms with van der Waals surface area (Å²) in [6.07, 6.45) is 40.9. The quantitative estimate of drug-likeness (QED) is 0.0348. The molecule has 326 valence electrons. The normalized spacial score (nSPS) is 12.5. The van der Waals surface area contributed by atoms with Crippen LogP contribution in [-0.2, 0) is 28.6 Å². The molecule has 0 aliphatic carbocycles. The first-order valence-corrected chi connectivity index (χ1v) is 24.3. The zero-order chi connectivity index (χ0) is 40.5. The van der Waals surface area contributed by atoms with Crippen LogP contribution in [0.5, 0.6) is 0 Å². The maximum absolute atomic E-state index is 12.7. The molecule has 0 saturated heterocycles. The molecule has 1 unspecified atom stereocenters. The third-order valence-electron chi connectivity index (χ3n) is 11.3. The molecule has 0 heterocycles. The van der Waals surface area contributed by atoms with Crippen molar-refractivity contribution >= 4 is 17.9 Å². The fourth-order valence-electron chi connectivity index (χ4n) is 7.25. The third kappa shape index (κ3) is 41.9. The SMILES string of the molecule is CCCCCCCCCCCCC(=O)O[C@H](COC(=O)CCCCCCCCCCCCCCCCC(C)C)COC(=O)CCCCCCCCC(C)CC. The van der Waals surface area contributed by atoms with Crippen molar-refractivity contribution in [1.82, 2.24) is 0 Å². The zero-order valence-electron chi connectivity index (χ0n) is 37.6. The Kier molecular flexibility index (Phi) is 40.8. The largest absolute Gasteiger partial charge is 0.462 e. The van der Waals surface area contributed by atoms with Gasteiger partial charge in [-0.15, -0.1) is 0 Å². The van der Waals surface area contributed by atoms with Crippen LogP contribution in [0, 0.1) is 11.8 Å². The number of hydrogen-bond acceptors (Lipinski definition) is 6. The minimum atomic E-state index is -0.760. The van der Waals surface area contributed by atoms with Gasteiger partial charge >= 0.3 is 17.9 Å². The Morgan fingerprint density at radius 3 is 1.04 bits per heavy atom. The van der Waals surface area contributed by atoms with Crippen LogP contribution in [0.15, 0.2) is 0 Å². The van der Waals surface area contributed by atoms with E-state index in [1.54, 1.807) is 0 Å². The van der Waals surface area contributed by atoms with Crippen LogP contribution in [0.1, 0.15) is 266 Å². The second-order valence-electron chi connectivity index (χ2n) is 17.5. The molecule has 0 aromatic heterocycles. The highest BCUT2D eigenvalue weighted by molar-refractivity contribution is 5.71. The van der Waals surface area contributed by atoms with Gasteiger partial charge < -0.3 is 14.2 Å². The molecule has 0 fully saturated rings. The Balaban J connectivity index is 4.26. The number of unbranched alkanes of at least 4 members (excludes halogenated alkanes) is 27. The molecule has 0 N–H and O–H groups in total. The van der Waals surface area contributed by atoms with Gasteiger partial charge in [0.1, 0.15) is 13.2 Å². The summed E-state index contributed by atoms with van der Waals surface area (Å²) in [6.45, 7) is 11.3. The van der Waals surface area contributed by atoms with Crippen LogP contribution >= 0.6 is 0 Å². The van der Waals surface area contributed by atoms with Crippen LogP contribution in [0.3, 0.4) is 0 Å². The molecule has 0 bridgehead atoms. The van der Waals surface area contributed by atoms with Gasteiger partial charge in [-0.05, 0) is 31.1 Å². The summed E-state index contributed by atoms with van der Waals surface area (Å²) in [7, 11) is 0. The van der Waals surface area contributed by atoms with E-state index in [1.807, 2.05) is 0 Å². The Morgan fingerprint density at radius 1 is 0.382 bits per heavy atom. The van der Waals surface area contributed by atoms with E-state index < -0.39 is 6.10 Å². The van der Waals surface area contributed by atoms with E-state index in [0.717, 1.165) is 69.6 Å². The lowest BCUT2D eigenvalue weighted by Crippen LogP contribution is -2.30. The second-order valence-corrected chi connectivity index (χ2v) is 17.5. The number of ether oxygens (including phenoxy) is 3. The van der Waals surface area contributed by atoms with Gasteiger partial charge in [0.05, 0.1) is 0 Å². The molecule has 0 amide bonds. The maximum Gasteiger partial charge on any atom is 0.306 e. The lowest BCUT2D eigenvalue weighted by atomic mass is 10.00. The molecule has 2 atom stereocenters. The van der Waals surface area contributed by atoms with Gasteiger partial charge in [-0.1, -0.05) is 227 Å². The van der Waals surface area contributed by atoms with Gasteiger partial charge in [0.25, 0.3) is 0 Å². The van der Waals surface area contributed by atoms with Crippen LogP contribution in [0.25, 0.3) is 0 Å². The highest BCUT2D eigenvalue weighted by Crippen LogP contribution is 2.17. The first kappa shape index (κ1) is 53.4. The summed E-state index contributed by atoms with van der Waals surface area (Å²) < 4.78 is 16.7. The number of rotatable bonds is 43. The van der Waals surface area contributed by atoms with E-state index in [-0.39, 0.29) is 31.1 Å². The van der Waals surface area contributed by atoms with Crippen molar-refractivity contribution in [2.24, 2.45) is 11.8 Å². The van der Waals surface area contributed by atoms with Crippen molar-refractivity contribution in [3.63, 3.8) is 0 Å². The van der Waals surface area contributed by atoms with E-state index >= 15 is 0 Å². The van der Waals surface area contributed by atoms with E-state index in [9.17, 15) is 14.4 Å². The molecule has 6 nitrogen and oxygen atoms in total. The monoisotopic (exact) mass is 779 g/mol. The number of carbonyl (C=O) groups is 3. The van der Waals surface area contributed by atoms with Crippen molar-refractivity contribution in [1.29, 1.82) is 0 Å². The highest BCUT2D eigenvalue weighted by atomic mass is 16.6. The van der Waals surface area contributed by atoms with E-state index in [4.69, 9.17) is 14.2 Å². The third-order valence-corrected chi connectivity index (χ3v) is 11.3. The van der Waals surface area contributed by atoms with E-state index in [2.05, 4.69) is 34.6 Å². The minimum Gasteiger partial charge on any atom is -0.462 e. The molecule has 6 heteroatoms. The first-order chi connectivity index (χ1) is 26.8. The van der Waals surface area contributed by atoms with Crippen molar-refractivity contribution in [2.45, 2.75) is 272 Å². The van der Waals surface area contributed by atoms with Crippen molar-refractivity contribution in [2.75, 3.05) is 13.2 Å². The molecule has 0 aliphatic rings. The lowest BCUT2D eigenvalue weighted by Gasteiger charge is -2.18. The zero-order valence-corrected chi connectivity index (χ0v) is 37.6. The molecule has 0 aromatic carbocycles. The predicted octanol–water partition coefficient (Wildman–Crippen LogP) is 15.4. The first-order valence-electron chi connectivity index (χ1n) is 24.3. The number of carbonyl (C=O) groups excluding carboxylic acids is 3. The molecule has 0 radical (unpaired) electrons. The van der Waals surface area contributed by atoms with E-state index in [1.165, 1.54) is 154 Å². The van der Waals surface area contributed by atoms with Crippen molar-refractivity contribution < 1.29 is 28.6 Å². The van der Waals surface area contributed by atoms with Gasteiger partial charge in [-0.25, -0.2) is 0 Å². The van der Waals surface area contributed by atoms with Crippen LogP contribution in [-0.4, -0.2) is 37.2 Å². The summed E-state index contributed by atoms with van der Waals surface area (Å²) in [5, 5.41) is 0. The highest BCUT2D eigenvalue weighted by Gasteiger charge is 2.19. The van der Waals surface area contributed by atoms with Gasteiger partial charge in [0, 0.05) is 19.3 Å². The van der Waals surface area contributed by atoms with Crippen LogP contribution < -0.4 is 0 Å². The standard InChI is InChI=1S/C49H94O6/c1-6-8-9-10-11-12-20-24-31-36-41-49(52)55-46(43-54-48(51)40-35-30-26-25-28-33-38-45(5)7-2)42-53-47(50)39-34-29-23-21-18-16-14-13-15-17-19-22-27-32-37-44(3)4/h44-46H,6-43H2,1-5H3/t45?,46-/m1/s1. The molecule has 0 rings (SSSR count). The van der Waals surface area contributed by atoms with Crippen molar-refractivity contribution in [3.05, 3.63) is 0 Å². The fourth-order valence-corrected chi connectivity index (χ4v) is 7.25. The van der Waals surface area contributed by atoms with Crippen LogP contribution in [0.4, 0.5) is 0 Å².